The number of hydrogen-bond acceptors (Lipinski definition) is 3. The predicted molar refractivity (Wildman–Crippen MR) is 68.1 cm³/mol. The summed E-state index contributed by atoms with van der Waals surface area (Å²) in [5.74, 6) is 0.502. The van der Waals surface area contributed by atoms with E-state index in [2.05, 4.69) is 24.1 Å². The zero-order chi connectivity index (χ0) is 12.7. The smallest absolute Gasteiger partial charge is 0.317 e. The SMILES string of the molecule is COCCN1CCN(C(=O)NCC(C)C)CC1. The molecule has 0 aromatic heterocycles. The third kappa shape index (κ3) is 5.37. The lowest BCUT2D eigenvalue weighted by molar-refractivity contribution is 0.106. The van der Waals surface area contributed by atoms with Crippen LogP contribution in [0.25, 0.3) is 0 Å². The standard InChI is InChI=1S/C12H25N3O2/c1-11(2)10-13-12(16)15-6-4-14(5-7-15)8-9-17-3/h11H,4-10H2,1-3H3,(H,13,16). The van der Waals surface area contributed by atoms with E-state index in [4.69, 9.17) is 4.74 Å². The van der Waals surface area contributed by atoms with Crippen LogP contribution in [0.4, 0.5) is 4.79 Å². The second kappa shape index (κ2) is 7.50. The van der Waals surface area contributed by atoms with Crippen LogP contribution in [0.3, 0.4) is 0 Å². The first-order chi connectivity index (χ1) is 8.13. The molecule has 1 fully saturated rings. The van der Waals surface area contributed by atoms with Gasteiger partial charge in [-0.05, 0) is 5.92 Å². The molecule has 0 spiro atoms. The highest BCUT2D eigenvalue weighted by molar-refractivity contribution is 5.74. The molecule has 1 rings (SSSR count). The third-order valence-corrected chi connectivity index (χ3v) is 2.93. The lowest BCUT2D eigenvalue weighted by Crippen LogP contribution is -2.52. The summed E-state index contributed by atoms with van der Waals surface area (Å²) in [7, 11) is 1.72. The second-order valence-electron chi connectivity index (χ2n) is 4.90. The molecule has 1 saturated heterocycles. The maximum absolute atomic E-state index is 11.8. The molecule has 100 valence electrons. The van der Waals surface area contributed by atoms with Crippen LogP contribution in [0.2, 0.25) is 0 Å². The van der Waals surface area contributed by atoms with E-state index in [1.807, 2.05) is 4.90 Å². The van der Waals surface area contributed by atoms with E-state index in [-0.39, 0.29) is 6.03 Å². The highest BCUT2D eigenvalue weighted by atomic mass is 16.5. The molecule has 5 heteroatoms. The van der Waals surface area contributed by atoms with Crippen molar-refractivity contribution in [3.8, 4) is 0 Å². The van der Waals surface area contributed by atoms with Gasteiger partial charge in [-0.1, -0.05) is 13.8 Å². The van der Waals surface area contributed by atoms with Crippen LogP contribution in [0.5, 0.6) is 0 Å². The average Bonchev–Trinajstić information content (AvgIpc) is 2.34. The first-order valence-corrected chi connectivity index (χ1v) is 6.37. The number of methoxy groups -OCH3 is 1. The van der Waals surface area contributed by atoms with Gasteiger partial charge < -0.3 is 15.0 Å². The van der Waals surface area contributed by atoms with Gasteiger partial charge in [0.2, 0.25) is 0 Å². The van der Waals surface area contributed by atoms with Crippen LogP contribution in [-0.4, -0.2) is 68.8 Å². The Balaban J connectivity index is 2.19. The summed E-state index contributed by atoms with van der Waals surface area (Å²) >= 11 is 0. The second-order valence-corrected chi connectivity index (χ2v) is 4.90. The zero-order valence-electron chi connectivity index (χ0n) is 11.2. The fourth-order valence-corrected chi connectivity index (χ4v) is 1.80. The van der Waals surface area contributed by atoms with Gasteiger partial charge >= 0.3 is 6.03 Å². The molecular formula is C12H25N3O2. The summed E-state index contributed by atoms with van der Waals surface area (Å²) in [5.41, 5.74) is 0. The fourth-order valence-electron chi connectivity index (χ4n) is 1.80. The normalized spacial score (nSPS) is 17.5. The van der Waals surface area contributed by atoms with Crippen molar-refractivity contribution in [1.82, 2.24) is 15.1 Å². The van der Waals surface area contributed by atoms with Crippen LogP contribution in [0.15, 0.2) is 0 Å². The van der Waals surface area contributed by atoms with Gasteiger partial charge in [-0.3, -0.25) is 4.90 Å². The zero-order valence-corrected chi connectivity index (χ0v) is 11.2. The minimum absolute atomic E-state index is 0.0742. The molecule has 0 radical (unpaired) electrons. The summed E-state index contributed by atoms with van der Waals surface area (Å²) in [5, 5.41) is 2.95. The quantitative estimate of drug-likeness (QED) is 0.770. The summed E-state index contributed by atoms with van der Waals surface area (Å²) in [6, 6.07) is 0.0742. The molecule has 1 heterocycles. The number of nitrogens with one attached hydrogen (secondary N) is 1. The van der Waals surface area contributed by atoms with E-state index < -0.39 is 0 Å². The summed E-state index contributed by atoms with van der Waals surface area (Å²) < 4.78 is 5.05. The van der Waals surface area contributed by atoms with Crippen molar-refractivity contribution >= 4 is 6.03 Å². The van der Waals surface area contributed by atoms with Gasteiger partial charge in [0.05, 0.1) is 6.61 Å². The minimum Gasteiger partial charge on any atom is -0.383 e. The minimum atomic E-state index is 0.0742. The van der Waals surface area contributed by atoms with Crippen molar-refractivity contribution in [1.29, 1.82) is 0 Å². The van der Waals surface area contributed by atoms with Crippen molar-refractivity contribution in [2.75, 3.05) is 53.0 Å². The Bertz CT molecular complexity index is 226. The van der Waals surface area contributed by atoms with Crippen molar-refractivity contribution < 1.29 is 9.53 Å². The number of carbonyl (C=O) groups excluding carboxylic acids is 1. The molecule has 0 aromatic rings. The molecule has 5 nitrogen and oxygen atoms in total. The molecule has 1 aliphatic rings. The van der Waals surface area contributed by atoms with Crippen LogP contribution in [-0.2, 0) is 4.74 Å². The Hall–Kier alpha value is -0.810. The molecule has 1 N–H and O–H groups in total. The Labute approximate surface area is 104 Å². The molecule has 0 unspecified atom stereocenters. The monoisotopic (exact) mass is 243 g/mol. The number of carbonyl (C=O) groups is 1. The van der Waals surface area contributed by atoms with E-state index in [0.717, 1.165) is 45.9 Å². The molecule has 1 aliphatic heterocycles. The number of ether oxygens (including phenoxy) is 1. The van der Waals surface area contributed by atoms with E-state index >= 15 is 0 Å². The van der Waals surface area contributed by atoms with Crippen LogP contribution >= 0.6 is 0 Å². The largest absolute Gasteiger partial charge is 0.383 e. The topological polar surface area (TPSA) is 44.8 Å². The van der Waals surface area contributed by atoms with E-state index in [1.165, 1.54) is 0 Å². The lowest BCUT2D eigenvalue weighted by atomic mass is 10.2. The first kappa shape index (κ1) is 14.3. The van der Waals surface area contributed by atoms with Crippen molar-refractivity contribution in [3.05, 3.63) is 0 Å². The highest BCUT2D eigenvalue weighted by Gasteiger charge is 2.20. The summed E-state index contributed by atoms with van der Waals surface area (Å²) in [6.07, 6.45) is 0. The Morgan fingerprint density at radius 3 is 2.47 bits per heavy atom. The van der Waals surface area contributed by atoms with Gasteiger partial charge in [0.25, 0.3) is 0 Å². The number of rotatable bonds is 5. The Morgan fingerprint density at radius 1 is 1.29 bits per heavy atom. The third-order valence-electron chi connectivity index (χ3n) is 2.93. The van der Waals surface area contributed by atoms with Gasteiger partial charge in [-0.2, -0.15) is 0 Å². The average molecular weight is 243 g/mol. The molecule has 0 aliphatic carbocycles. The van der Waals surface area contributed by atoms with E-state index in [1.54, 1.807) is 7.11 Å². The molecule has 17 heavy (non-hydrogen) atoms. The van der Waals surface area contributed by atoms with Crippen LogP contribution in [0.1, 0.15) is 13.8 Å². The van der Waals surface area contributed by atoms with Crippen LogP contribution < -0.4 is 5.32 Å². The first-order valence-electron chi connectivity index (χ1n) is 6.37. The van der Waals surface area contributed by atoms with Gasteiger partial charge in [0.15, 0.2) is 0 Å². The van der Waals surface area contributed by atoms with Gasteiger partial charge in [0, 0.05) is 46.4 Å². The van der Waals surface area contributed by atoms with E-state index in [9.17, 15) is 4.79 Å². The van der Waals surface area contributed by atoms with Gasteiger partial charge in [0.1, 0.15) is 0 Å². The fraction of sp³-hybridized carbons (Fsp3) is 0.917. The predicted octanol–water partition coefficient (Wildman–Crippen LogP) is 0.616. The van der Waals surface area contributed by atoms with Crippen molar-refractivity contribution in [2.45, 2.75) is 13.8 Å². The van der Waals surface area contributed by atoms with Gasteiger partial charge in [-0.15, -0.1) is 0 Å². The van der Waals surface area contributed by atoms with Crippen LogP contribution in [0, 0.1) is 5.92 Å². The van der Waals surface area contributed by atoms with Crippen molar-refractivity contribution in [3.63, 3.8) is 0 Å². The summed E-state index contributed by atoms with van der Waals surface area (Å²) in [4.78, 5) is 16.0. The Morgan fingerprint density at radius 2 is 1.94 bits per heavy atom. The number of nitrogens with zero attached hydrogens (tertiary/aromatic N) is 2. The number of amides is 2. The van der Waals surface area contributed by atoms with Crippen molar-refractivity contribution in [2.24, 2.45) is 5.92 Å². The lowest BCUT2D eigenvalue weighted by Gasteiger charge is -2.34. The van der Waals surface area contributed by atoms with Gasteiger partial charge in [-0.25, -0.2) is 4.79 Å². The highest BCUT2D eigenvalue weighted by Crippen LogP contribution is 2.02. The maximum Gasteiger partial charge on any atom is 0.317 e. The number of piperazine rings is 1. The molecule has 0 saturated carbocycles. The molecule has 0 atom stereocenters. The Kier molecular flexibility index (Phi) is 6.29. The number of hydrogen-bond donors (Lipinski definition) is 1. The van der Waals surface area contributed by atoms with E-state index in [0.29, 0.717) is 5.92 Å². The summed E-state index contributed by atoms with van der Waals surface area (Å²) in [6.45, 7) is 10.2. The maximum atomic E-state index is 11.8. The molecule has 0 bridgehead atoms. The molecule has 0 aromatic carbocycles. The molecular weight excluding hydrogens is 218 g/mol. The molecule has 2 amide bonds. The number of urea groups is 1.